The maximum Gasteiger partial charge on any atom is 0.320 e. The van der Waals surface area contributed by atoms with Crippen LogP contribution in [0.5, 0.6) is 0 Å². The first-order chi connectivity index (χ1) is 9.44. The molecular weight excluding hydrogens is 254 g/mol. The zero-order chi connectivity index (χ0) is 14.6. The number of carbonyl (C=O) groups excluding carboxylic acids is 1. The molecule has 6 nitrogen and oxygen atoms in total. The van der Waals surface area contributed by atoms with Crippen molar-refractivity contribution in [3.8, 4) is 11.4 Å². The van der Waals surface area contributed by atoms with E-state index in [-0.39, 0.29) is 11.6 Å². The molecule has 0 atom stereocenters. The average Bonchev–Trinajstić information content (AvgIpc) is 2.38. The second-order valence-corrected chi connectivity index (χ2v) is 5.33. The van der Waals surface area contributed by atoms with E-state index in [2.05, 4.69) is 25.6 Å². The van der Waals surface area contributed by atoms with Crippen molar-refractivity contribution in [1.29, 1.82) is 0 Å². The van der Waals surface area contributed by atoms with Gasteiger partial charge >= 0.3 is 6.03 Å². The third-order valence-corrected chi connectivity index (χ3v) is 2.32. The van der Waals surface area contributed by atoms with E-state index >= 15 is 0 Å². The van der Waals surface area contributed by atoms with Gasteiger partial charge in [-0.15, -0.1) is 0 Å². The van der Waals surface area contributed by atoms with Crippen LogP contribution in [0.15, 0.2) is 36.8 Å². The van der Waals surface area contributed by atoms with Crippen molar-refractivity contribution < 1.29 is 4.79 Å². The summed E-state index contributed by atoms with van der Waals surface area (Å²) in [6, 6.07) is 4.98. The van der Waals surface area contributed by atoms with Gasteiger partial charge in [-0.2, -0.15) is 0 Å². The number of carbonyl (C=O) groups is 1. The van der Waals surface area contributed by atoms with Gasteiger partial charge < -0.3 is 5.32 Å². The molecule has 104 valence electrons. The largest absolute Gasteiger partial charge is 0.333 e. The monoisotopic (exact) mass is 271 g/mol. The second-order valence-electron chi connectivity index (χ2n) is 5.33. The van der Waals surface area contributed by atoms with Crippen LogP contribution >= 0.6 is 0 Å². The summed E-state index contributed by atoms with van der Waals surface area (Å²) in [5.41, 5.74) is 0.547. The Kier molecular flexibility index (Phi) is 3.93. The SMILES string of the molecule is CC(C)(C)NC(=O)Nc1ccnc(-c2ccncc2)n1. The molecule has 0 saturated heterocycles. The fraction of sp³-hybridized carbons (Fsp3) is 0.286. The standard InChI is InChI=1S/C14H17N5O/c1-14(2,3)19-13(20)18-11-6-9-16-12(17-11)10-4-7-15-8-5-10/h4-9H,1-3H3,(H2,16,17,18,19,20). The predicted octanol–water partition coefficient (Wildman–Crippen LogP) is 2.46. The van der Waals surface area contributed by atoms with E-state index in [1.54, 1.807) is 24.7 Å². The third-order valence-electron chi connectivity index (χ3n) is 2.32. The molecule has 6 heteroatoms. The van der Waals surface area contributed by atoms with Gasteiger partial charge in [-0.1, -0.05) is 0 Å². The quantitative estimate of drug-likeness (QED) is 0.879. The van der Waals surface area contributed by atoms with Crippen molar-refractivity contribution in [3.63, 3.8) is 0 Å². The minimum absolute atomic E-state index is 0.295. The molecule has 0 saturated carbocycles. The summed E-state index contributed by atoms with van der Waals surface area (Å²) < 4.78 is 0. The number of rotatable bonds is 2. The Labute approximate surface area is 117 Å². The number of urea groups is 1. The van der Waals surface area contributed by atoms with Crippen molar-refractivity contribution in [2.45, 2.75) is 26.3 Å². The maximum absolute atomic E-state index is 11.8. The molecule has 0 bridgehead atoms. The first-order valence-electron chi connectivity index (χ1n) is 6.27. The van der Waals surface area contributed by atoms with Crippen molar-refractivity contribution >= 4 is 11.8 Å². The van der Waals surface area contributed by atoms with E-state index in [9.17, 15) is 4.79 Å². The van der Waals surface area contributed by atoms with Gasteiger partial charge in [0.05, 0.1) is 0 Å². The first kappa shape index (κ1) is 13.9. The topological polar surface area (TPSA) is 79.8 Å². The molecule has 0 aliphatic heterocycles. The number of hydrogen-bond donors (Lipinski definition) is 2. The van der Waals surface area contributed by atoms with Crippen molar-refractivity contribution in [2.24, 2.45) is 0 Å². The van der Waals surface area contributed by atoms with Gasteiger partial charge in [0.15, 0.2) is 5.82 Å². The number of amides is 2. The molecule has 2 N–H and O–H groups in total. The maximum atomic E-state index is 11.8. The van der Waals surface area contributed by atoms with Crippen molar-refractivity contribution in [3.05, 3.63) is 36.8 Å². The lowest BCUT2D eigenvalue weighted by Gasteiger charge is -2.20. The molecule has 0 unspecified atom stereocenters. The van der Waals surface area contributed by atoms with Crippen LogP contribution < -0.4 is 10.6 Å². The summed E-state index contributed by atoms with van der Waals surface area (Å²) in [6.07, 6.45) is 4.95. The Bertz CT molecular complexity index is 592. The Morgan fingerprint density at radius 1 is 1.10 bits per heavy atom. The highest BCUT2D eigenvalue weighted by Crippen LogP contribution is 2.14. The Hall–Kier alpha value is -2.50. The van der Waals surface area contributed by atoms with Crippen LogP contribution in [0.4, 0.5) is 10.6 Å². The minimum Gasteiger partial charge on any atom is -0.333 e. The molecule has 0 aromatic carbocycles. The molecule has 2 rings (SSSR count). The number of anilines is 1. The van der Waals surface area contributed by atoms with Crippen LogP contribution in [0.2, 0.25) is 0 Å². The Morgan fingerprint density at radius 3 is 2.45 bits per heavy atom. The van der Waals surface area contributed by atoms with Gasteiger partial charge in [0.1, 0.15) is 5.82 Å². The molecule has 2 aromatic rings. The predicted molar refractivity (Wildman–Crippen MR) is 77.2 cm³/mol. The van der Waals surface area contributed by atoms with Gasteiger partial charge in [0.25, 0.3) is 0 Å². The van der Waals surface area contributed by atoms with E-state index in [4.69, 9.17) is 0 Å². The number of aromatic nitrogens is 3. The second kappa shape index (κ2) is 5.64. The van der Waals surface area contributed by atoms with Gasteiger partial charge in [-0.05, 0) is 39.0 Å². The zero-order valence-corrected chi connectivity index (χ0v) is 11.7. The highest BCUT2D eigenvalue weighted by Gasteiger charge is 2.14. The molecule has 2 aromatic heterocycles. The Morgan fingerprint density at radius 2 is 1.80 bits per heavy atom. The summed E-state index contributed by atoms with van der Waals surface area (Å²) >= 11 is 0. The van der Waals surface area contributed by atoms with Crippen LogP contribution in [0.3, 0.4) is 0 Å². The summed E-state index contributed by atoms with van der Waals surface area (Å²) in [5.74, 6) is 0.995. The normalized spacial score (nSPS) is 10.9. The fourth-order valence-electron chi connectivity index (χ4n) is 1.56. The number of pyridine rings is 1. The molecule has 20 heavy (non-hydrogen) atoms. The van der Waals surface area contributed by atoms with Gasteiger partial charge in [-0.3, -0.25) is 10.3 Å². The van der Waals surface area contributed by atoms with E-state index in [1.165, 1.54) is 0 Å². The zero-order valence-electron chi connectivity index (χ0n) is 11.7. The number of hydrogen-bond acceptors (Lipinski definition) is 4. The van der Waals surface area contributed by atoms with E-state index in [0.717, 1.165) is 5.56 Å². The van der Waals surface area contributed by atoms with Gasteiger partial charge in [-0.25, -0.2) is 14.8 Å². The molecule has 0 aliphatic rings. The highest BCUT2D eigenvalue weighted by molar-refractivity contribution is 5.88. The summed E-state index contributed by atoms with van der Waals surface area (Å²) in [6.45, 7) is 5.73. The number of nitrogens with one attached hydrogen (secondary N) is 2. The lowest BCUT2D eigenvalue weighted by molar-refractivity contribution is 0.243. The smallest absolute Gasteiger partial charge is 0.320 e. The minimum atomic E-state index is -0.301. The molecule has 2 heterocycles. The van der Waals surface area contributed by atoms with Crippen molar-refractivity contribution in [1.82, 2.24) is 20.3 Å². The lowest BCUT2D eigenvalue weighted by Crippen LogP contribution is -2.43. The molecule has 0 aliphatic carbocycles. The summed E-state index contributed by atoms with van der Waals surface area (Å²) in [4.78, 5) is 24.2. The molecular formula is C14H17N5O. The molecule has 0 spiro atoms. The van der Waals surface area contributed by atoms with E-state index in [1.807, 2.05) is 32.9 Å². The van der Waals surface area contributed by atoms with Crippen LogP contribution in [0.25, 0.3) is 11.4 Å². The number of nitrogens with zero attached hydrogens (tertiary/aromatic N) is 3. The third kappa shape index (κ3) is 4.01. The average molecular weight is 271 g/mol. The molecule has 0 fully saturated rings. The van der Waals surface area contributed by atoms with Crippen molar-refractivity contribution in [2.75, 3.05) is 5.32 Å². The van der Waals surface area contributed by atoms with Crippen LogP contribution in [0.1, 0.15) is 20.8 Å². The van der Waals surface area contributed by atoms with Crippen LogP contribution in [0, 0.1) is 0 Å². The first-order valence-corrected chi connectivity index (χ1v) is 6.27. The fourth-order valence-corrected chi connectivity index (χ4v) is 1.56. The Balaban J connectivity index is 2.13. The van der Waals surface area contributed by atoms with Gasteiger partial charge in [0.2, 0.25) is 0 Å². The molecule has 0 radical (unpaired) electrons. The summed E-state index contributed by atoms with van der Waals surface area (Å²) in [7, 11) is 0. The highest BCUT2D eigenvalue weighted by atomic mass is 16.2. The summed E-state index contributed by atoms with van der Waals surface area (Å²) in [5, 5.41) is 5.50. The van der Waals surface area contributed by atoms with E-state index in [0.29, 0.717) is 11.6 Å². The van der Waals surface area contributed by atoms with E-state index < -0.39 is 0 Å². The van der Waals surface area contributed by atoms with Crippen LogP contribution in [-0.4, -0.2) is 26.5 Å². The van der Waals surface area contributed by atoms with Gasteiger partial charge in [0, 0.05) is 29.7 Å². The molecule has 2 amide bonds. The van der Waals surface area contributed by atoms with Crippen LogP contribution in [-0.2, 0) is 0 Å². The lowest BCUT2D eigenvalue weighted by atomic mass is 10.1.